The van der Waals surface area contributed by atoms with Crippen LogP contribution in [0.5, 0.6) is 6.01 Å². The Morgan fingerprint density at radius 1 is 1.14 bits per heavy atom. The summed E-state index contributed by atoms with van der Waals surface area (Å²) in [4.78, 5) is 12.7. The number of aromatic nitrogens is 3. The number of nitrogens with zero attached hydrogens (tertiary/aromatic N) is 3. The van der Waals surface area contributed by atoms with Gasteiger partial charge in [-0.3, -0.25) is 4.21 Å². The lowest BCUT2D eigenvalue weighted by molar-refractivity contribution is 0.292. The van der Waals surface area contributed by atoms with E-state index in [1.807, 2.05) is 13.8 Å². The summed E-state index contributed by atoms with van der Waals surface area (Å²) in [7, 11) is -0.885. The number of rotatable bonds is 10. The van der Waals surface area contributed by atoms with E-state index in [0.717, 1.165) is 19.4 Å². The number of nitrogens with one attached hydrogen (secondary N) is 2. The van der Waals surface area contributed by atoms with Crippen LogP contribution in [0.15, 0.2) is 0 Å². The molecule has 0 amide bonds. The maximum Gasteiger partial charge on any atom is 0.323 e. The van der Waals surface area contributed by atoms with Crippen LogP contribution >= 0.6 is 0 Å². The van der Waals surface area contributed by atoms with Crippen LogP contribution in [0.3, 0.4) is 0 Å². The van der Waals surface area contributed by atoms with Crippen LogP contribution in [0, 0.1) is 0 Å². The third-order valence-corrected chi connectivity index (χ3v) is 4.00. The molecule has 0 saturated heterocycles. The molecule has 0 saturated carbocycles. The molecule has 7 nitrogen and oxygen atoms in total. The first-order chi connectivity index (χ1) is 10.1. The topological polar surface area (TPSA) is 89.0 Å². The summed E-state index contributed by atoms with van der Waals surface area (Å²) in [5.74, 6) is 0.928. The zero-order valence-corrected chi connectivity index (χ0v) is 14.0. The highest BCUT2D eigenvalue weighted by molar-refractivity contribution is 7.84. The molecule has 21 heavy (non-hydrogen) atoms. The molecule has 8 heteroatoms. The second-order valence-electron chi connectivity index (χ2n) is 4.73. The lowest BCUT2D eigenvalue weighted by Gasteiger charge is -2.12. The molecule has 2 atom stereocenters. The van der Waals surface area contributed by atoms with Gasteiger partial charge in [-0.1, -0.05) is 13.8 Å². The predicted octanol–water partition coefficient (Wildman–Crippen LogP) is 1.66. The second kappa shape index (κ2) is 9.49. The van der Waals surface area contributed by atoms with E-state index in [2.05, 4.69) is 32.5 Å². The first-order valence-electron chi connectivity index (χ1n) is 7.25. The third kappa shape index (κ3) is 6.70. The molecular weight excluding hydrogens is 290 g/mol. The molecule has 0 radical (unpaired) electrons. The minimum Gasteiger partial charge on any atom is -0.463 e. The van der Waals surface area contributed by atoms with E-state index in [1.54, 1.807) is 6.26 Å². The van der Waals surface area contributed by atoms with Gasteiger partial charge in [0, 0.05) is 35.4 Å². The number of ether oxygens (including phenoxy) is 1. The van der Waals surface area contributed by atoms with Gasteiger partial charge in [0.25, 0.3) is 0 Å². The van der Waals surface area contributed by atoms with Crippen LogP contribution in [-0.4, -0.2) is 50.4 Å². The van der Waals surface area contributed by atoms with Crippen LogP contribution in [0.4, 0.5) is 11.9 Å². The maximum absolute atomic E-state index is 11.4. The quantitative estimate of drug-likeness (QED) is 0.678. The van der Waals surface area contributed by atoms with Crippen molar-refractivity contribution in [2.24, 2.45) is 0 Å². The van der Waals surface area contributed by atoms with E-state index in [0.29, 0.717) is 31.1 Å². The van der Waals surface area contributed by atoms with Crippen LogP contribution in [-0.2, 0) is 10.8 Å². The Balaban J connectivity index is 2.77. The normalized spacial score (nSPS) is 13.5. The maximum atomic E-state index is 11.4. The fraction of sp³-hybridized carbons (Fsp3) is 0.769. The highest BCUT2D eigenvalue weighted by atomic mass is 32.2. The first-order valence-corrected chi connectivity index (χ1v) is 8.87. The minimum absolute atomic E-state index is 0.0221. The lowest BCUT2D eigenvalue weighted by atomic mass is 10.5. The number of hydrogen-bond acceptors (Lipinski definition) is 7. The molecule has 0 bridgehead atoms. The van der Waals surface area contributed by atoms with Crippen molar-refractivity contribution in [3.8, 4) is 6.01 Å². The van der Waals surface area contributed by atoms with Crippen molar-refractivity contribution in [2.75, 3.05) is 36.6 Å². The molecule has 1 rings (SSSR count). The molecule has 0 aliphatic carbocycles. The van der Waals surface area contributed by atoms with Crippen molar-refractivity contribution in [3.63, 3.8) is 0 Å². The molecule has 0 aliphatic heterocycles. The molecule has 2 N–H and O–H groups in total. The fourth-order valence-corrected chi connectivity index (χ4v) is 1.68. The van der Waals surface area contributed by atoms with Gasteiger partial charge in [0.05, 0.1) is 6.61 Å². The van der Waals surface area contributed by atoms with Crippen molar-refractivity contribution in [1.29, 1.82) is 0 Å². The van der Waals surface area contributed by atoms with E-state index in [-0.39, 0.29) is 5.25 Å². The van der Waals surface area contributed by atoms with Crippen molar-refractivity contribution in [1.82, 2.24) is 15.0 Å². The second-order valence-corrected chi connectivity index (χ2v) is 6.53. The van der Waals surface area contributed by atoms with Crippen LogP contribution in [0.1, 0.15) is 33.6 Å². The molecule has 0 aliphatic rings. The van der Waals surface area contributed by atoms with Crippen molar-refractivity contribution in [2.45, 2.75) is 38.9 Å². The van der Waals surface area contributed by atoms with Gasteiger partial charge in [0.1, 0.15) is 0 Å². The summed E-state index contributed by atoms with van der Waals surface area (Å²) in [6.07, 6.45) is 3.55. The Kier molecular flexibility index (Phi) is 7.96. The van der Waals surface area contributed by atoms with E-state index >= 15 is 0 Å². The molecule has 0 aromatic carbocycles. The fourth-order valence-electron chi connectivity index (χ4n) is 1.36. The summed E-state index contributed by atoms with van der Waals surface area (Å²) in [6, 6.07) is 0.304. The van der Waals surface area contributed by atoms with E-state index < -0.39 is 10.8 Å². The van der Waals surface area contributed by atoms with Crippen LogP contribution < -0.4 is 15.4 Å². The van der Waals surface area contributed by atoms with Gasteiger partial charge < -0.3 is 15.4 Å². The Morgan fingerprint density at radius 3 is 2.38 bits per heavy atom. The van der Waals surface area contributed by atoms with Crippen molar-refractivity contribution in [3.05, 3.63) is 0 Å². The van der Waals surface area contributed by atoms with Gasteiger partial charge in [-0.25, -0.2) is 0 Å². The standard InChI is InChI=1S/C13H25N5O2S/c1-5-7-14-11-16-12(15-9-10(3)21(4)19)18-13(17-11)20-8-6-2/h10H,5-9H2,1-4H3,(H2,14,15,16,17,18). The van der Waals surface area contributed by atoms with Gasteiger partial charge in [-0.15, -0.1) is 0 Å². The smallest absolute Gasteiger partial charge is 0.323 e. The van der Waals surface area contributed by atoms with Crippen LogP contribution in [0.25, 0.3) is 0 Å². The Hall–Kier alpha value is -1.44. The van der Waals surface area contributed by atoms with Crippen molar-refractivity contribution >= 4 is 22.7 Å². The van der Waals surface area contributed by atoms with Crippen molar-refractivity contribution < 1.29 is 8.95 Å². The monoisotopic (exact) mass is 315 g/mol. The van der Waals surface area contributed by atoms with Crippen LogP contribution in [0.2, 0.25) is 0 Å². The van der Waals surface area contributed by atoms with Gasteiger partial charge in [0.2, 0.25) is 11.9 Å². The highest BCUT2D eigenvalue weighted by Crippen LogP contribution is 2.12. The lowest BCUT2D eigenvalue weighted by Crippen LogP contribution is -2.22. The summed E-state index contributed by atoms with van der Waals surface area (Å²) in [6.45, 7) is 7.88. The van der Waals surface area contributed by atoms with E-state index in [4.69, 9.17) is 4.74 Å². The number of hydrogen-bond donors (Lipinski definition) is 2. The largest absolute Gasteiger partial charge is 0.463 e. The summed E-state index contributed by atoms with van der Waals surface area (Å²) < 4.78 is 16.8. The average molecular weight is 315 g/mol. The van der Waals surface area contributed by atoms with Gasteiger partial charge in [0.15, 0.2) is 0 Å². The summed E-state index contributed by atoms with van der Waals surface area (Å²) in [5.41, 5.74) is 0. The van der Waals surface area contributed by atoms with Gasteiger partial charge in [-0.2, -0.15) is 15.0 Å². The van der Waals surface area contributed by atoms with E-state index in [1.165, 1.54) is 0 Å². The minimum atomic E-state index is -0.885. The SMILES string of the molecule is CCCNc1nc(NCC(C)S(C)=O)nc(OCCC)n1. The zero-order chi connectivity index (χ0) is 15.7. The molecule has 1 aromatic rings. The Morgan fingerprint density at radius 2 is 1.81 bits per heavy atom. The first kappa shape index (κ1) is 17.6. The molecule has 1 heterocycles. The third-order valence-electron chi connectivity index (χ3n) is 2.70. The summed E-state index contributed by atoms with van der Waals surface area (Å²) >= 11 is 0. The molecule has 120 valence electrons. The van der Waals surface area contributed by atoms with Gasteiger partial charge >= 0.3 is 6.01 Å². The Labute approximate surface area is 128 Å². The predicted molar refractivity (Wildman–Crippen MR) is 86.4 cm³/mol. The molecule has 2 unspecified atom stereocenters. The average Bonchev–Trinajstić information content (AvgIpc) is 2.48. The van der Waals surface area contributed by atoms with E-state index in [9.17, 15) is 4.21 Å². The molecular formula is C13H25N5O2S. The highest BCUT2D eigenvalue weighted by Gasteiger charge is 2.10. The zero-order valence-electron chi connectivity index (χ0n) is 13.2. The molecule has 0 spiro atoms. The number of anilines is 2. The Bertz CT molecular complexity index is 432. The molecule has 1 aromatic heterocycles. The summed E-state index contributed by atoms with van der Waals surface area (Å²) in [5, 5.41) is 6.23. The van der Waals surface area contributed by atoms with Gasteiger partial charge in [-0.05, 0) is 19.8 Å². The molecule has 0 fully saturated rings.